The molecule has 0 spiro atoms. The van der Waals surface area contributed by atoms with Crippen LogP contribution < -0.4 is 21.1 Å². The molecule has 0 aliphatic rings. The van der Waals surface area contributed by atoms with Crippen LogP contribution in [-0.2, 0) is 9.59 Å². The number of hydrogen-bond donors (Lipinski definition) is 3. The molecule has 0 fully saturated rings. The van der Waals surface area contributed by atoms with Crippen molar-refractivity contribution < 1.29 is 19.2 Å². The zero-order chi connectivity index (χ0) is 18.6. The van der Waals surface area contributed by atoms with Gasteiger partial charge in [0.05, 0.1) is 35.2 Å². The Bertz CT molecular complexity index is 850. The molecule has 0 saturated carbocycles. The molecule has 2 rings (SSSR count). The van der Waals surface area contributed by atoms with E-state index in [-0.39, 0.29) is 17.1 Å². The van der Waals surface area contributed by atoms with Gasteiger partial charge in [0.1, 0.15) is 5.75 Å². The second kappa shape index (κ2) is 7.30. The highest BCUT2D eigenvalue weighted by Gasteiger charge is 2.19. The average Bonchev–Trinajstić information content (AvgIpc) is 2.58. The lowest BCUT2D eigenvalue weighted by Crippen LogP contribution is -2.29. The fraction of sp³-hybridized carbons (Fsp3) is 0.125. The van der Waals surface area contributed by atoms with Crippen LogP contribution in [0.4, 0.5) is 22.7 Å². The van der Waals surface area contributed by atoms with Crippen LogP contribution in [-0.4, -0.2) is 23.8 Å². The first kappa shape index (κ1) is 17.7. The molecule has 2 aromatic rings. The number of anilines is 3. The van der Waals surface area contributed by atoms with Gasteiger partial charge in [-0.25, -0.2) is 0 Å². The van der Waals surface area contributed by atoms with E-state index in [0.29, 0.717) is 11.4 Å². The van der Waals surface area contributed by atoms with Crippen molar-refractivity contribution in [2.45, 2.75) is 6.92 Å². The molecule has 9 heteroatoms. The van der Waals surface area contributed by atoms with Crippen LogP contribution in [0.15, 0.2) is 36.4 Å². The summed E-state index contributed by atoms with van der Waals surface area (Å²) in [5, 5.41) is 15.5. The van der Waals surface area contributed by atoms with E-state index in [2.05, 4.69) is 10.6 Å². The summed E-state index contributed by atoms with van der Waals surface area (Å²) in [6.45, 7) is 1.82. The summed E-state index contributed by atoms with van der Waals surface area (Å²) in [5.41, 5.74) is 7.18. The van der Waals surface area contributed by atoms with Crippen LogP contribution in [0.3, 0.4) is 0 Å². The lowest BCUT2D eigenvalue weighted by molar-refractivity contribution is -0.384. The highest BCUT2D eigenvalue weighted by atomic mass is 16.6. The molecule has 130 valence electrons. The summed E-state index contributed by atoms with van der Waals surface area (Å²) in [6, 6.07) is 8.63. The summed E-state index contributed by atoms with van der Waals surface area (Å²) < 4.78 is 5.00. The molecule has 0 heterocycles. The third-order valence-electron chi connectivity index (χ3n) is 3.31. The van der Waals surface area contributed by atoms with Gasteiger partial charge in [-0.05, 0) is 30.7 Å². The number of carbonyl (C=O) groups excluding carboxylic acids is 2. The third kappa shape index (κ3) is 4.22. The van der Waals surface area contributed by atoms with E-state index in [0.717, 1.165) is 11.6 Å². The number of nitrogens with zero attached hydrogens (tertiary/aromatic N) is 1. The normalized spacial score (nSPS) is 10.0. The molecule has 2 amide bonds. The zero-order valence-electron chi connectivity index (χ0n) is 13.5. The Kier molecular flexibility index (Phi) is 5.18. The SMILES string of the molecule is COc1cc([N+](=O)[O-])ccc1NC(=O)C(=O)Nc1cc(C)ccc1N. The van der Waals surface area contributed by atoms with Crippen LogP contribution in [0.2, 0.25) is 0 Å². The van der Waals surface area contributed by atoms with Crippen LogP contribution in [0.25, 0.3) is 0 Å². The standard InChI is InChI=1S/C16H16N4O5/c1-9-3-5-11(17)13(7-9)19-16(22)15(21)18-12-6-4-10(20(23)24)8-14(12)25-2/h3-8H,17H2,1-2H3,(H,18,21)(H,19,22). The molecule has 0 aromatic heterocycles. The summed E-state index contributed by atoms with van der Waals surface area (Å²) >= 11 is 0. The Morgan fingerprint density at radius 2 is 1.72 bits per heavy atom. The van der Waals surface area contributed by atoms with Gasteiger partial charge in [0.2, 0.25) is 0 Å². The van der Waals surface area contributed by atoms with Gasteiger partial charge in [0, 0.05) is 6.07 Å². The summed E-state index contributed by atoms with van der Waals surface area (Å²) in [7, 11) is 1.29. The summed E-state index contributed by atoms with van der Waals surface area (Å²) in [5.74, 6) is -1.84. The number of amides is 2. The van der Waals surface area contributed by atoms with Crippen molar-refractivity contribution in [3.63, 3.8) is 0 Å². The molecule has 25 heavy (non-hydrogen) atoms. The monoisotopic (exact) mass is 344 g/mol. The molecule has 0 radical (unpaired) electrons. The van der Waals surface area contributed by atoms with Crippen molar-refractivity contribution in [2.75, 3.05) is 23.5 Å². The van der Waals surface area contributed by atoms with E-state index in [1.54, 1.807) is 18.2 Å². The summed E-state index contributed by atoms with van der Waals surface area (Å²) in [4.78, 5) is 34.2. The third-order valence-corrected chi connectivity index (χ3v) is 3.31. The first-order valence-corrected chi connectivity index (χ1v) is 7.12. The predicted octanol–water partition coefficient (Wildman–Crippen LogP) is 2.07. The topological polar surface area (TPSA) is 137 Å². The first-order chi connectivity index (χ1) is 11.8. The minimum absolute atomic E-state index is 0.0606. The smallest absolute Gasteiger partial charge is 0.314 e. The van der Waals surface area contributed by atoms with E-state index in [9.17, 15) is 19.7 Å². The number of hydrogen-bond acceptors (Lipinski definition) is 6. The highest BCUT2D eigenvalue weighted by Crippen LogP contribution is 2.29. The Balaban J connectivity index is 2.15. The summed E-state index contributed by atoms with van der Waals surface area (Å²) in [6.07, 6.45) is 0. The Labute approximate surface area is 142 Å². The maximum absolute atomic E-state index is 12.0. The molecule has 0 bridgehead atoms. The fourth-order valence-electron chi connectivity index (χ4n) is 2.03. The van der Waals surface area contributed by atoms with Crippen molar-refractivity contribution in [1.82, 2.24) is 0 Å². The van der Waals surface area contributed by atoms with Crippen LogP contribution in [0.5, 0.6) is 5.75 Å². The van der Waals surface area contributed by atoms with Gasteiger partial charge in [-0.3, -0.25) is 19.7 Å². The van der Waals surface area contributed by atoms with E-state index < -0.39 is 16.7 Å². The van der Waals surface area contributed by atoms with Gasteiger partial charge < -0.3 is 21.1 Å². The number of nitro groups is 1. The minimum atomic E-state index is -0.965. The van der Waals surface area contributed by atoms with E-state index >= 15 is 0 Å². The lowest BCUT2D eigenvalue weighted by Gasteiger charge is -2.11. The van der Waals surface area contributed by atoms with E-state index in [1.807, 2.05) is 6.92 Å². The molecule has 0 unspecified atom stereocenters. The quantitative estimate of drug-likeness (QED) is 0.336. The van der Waals surface area contributed by atoms with E-state index in [4.69, 9.17) is 10.5 Å². The molecule has 0 aliphatic carbocycles. The molecule has 0 aliphatic heterocycles. The fourth-order valence-corrected chi connectivity index (χ4v) is 2.03. The maximum atomic E-state index is 12.0. The first-order valence-electron chi connectivity index (χ1n) is 7.12. The van der Waals surface area contributed by atoms with Crippen molar-refractivity contribution >= 4 is 34.6 Å². The Hall–Kier alpha value is -3.62. The number of nitrogens with one attached hydrogen (secondary N) is 2. The molecular weight excluding hydrogens is 328 g/mol. The van der Waals surface area contributed by atoms with Crippen molar-refractivity contribution in [3.05, 3.63) is 52.1 Å². The number of non-ortho nitro benzene ring substituents is 1. The second-order valence-electron chi connectivity index (χ2n) is 5.14. The molecular formula is C16H16N4O5. The lowest BCUT2D eigenvalue weighted by atomic mass is 10.2. The number of nitro benzene ring substituents is 1. The predicted molar refractivity (Wildman–Crippen MR) is 92.5 cm³/mol. The van der Waals surface area contributed by atoms with Gasteiger partial charge in [0.15, 0.2) is 0 Å². The molecule has 0 saturated heterocycles. The number of rotatable bonds is 4. The van der Waals surface area contributed by atoms with Gasteiger partial charge in [-0.1, -0.05) is 6.07 Å². The molecule has 2 aromatic carbocycles. The van der Waals surface area contributed by atoms with Crippen molar-refractivity contribution in [2.24, 2.45) is 0 Å². The van der Waals surface area contributed by atoms with Gasteiger partial charge in [-0.2, -0.15) is 0 Å². The number of ether oxygens (including phenoxy) is 1. The highest BCUT2D eigenvalue weighted by molar-refractivity contribution is 6.44. The second-order valence-corrected chi connectivity index (χ2v) is 5.14. The number of nitrogen functional groups attached to an aromatic ring is 1. The molecule has 0 atom stereocenters. The zero-order valence-corrected chi connectivity index (χ0v) is 13.5. The number of benzene rings is 2. The number of carbonyl (C=O) groups is 2. The maximum Gasteiger partial charge on any atom is 0.314 e. The minimum Gasteiger partial charge on any atom is -0.494 e. The van der Waals surface area contributed by atoms with Crippen molar-refractivity contribution in [1.29, 1.82) is 0 Å². The Morgan fingerprint density at radius 3 is 2.32 bits per heavy atom. The van der Waals surface area contributed by atoms with E-state index in [1.165, 1.54) is 19.2 Å². The number of aryl methyl sites for hydroxylation is 1. The van der Waals surface area contributed by atoms with Gasteiger partial charge >= 0.3 is 11.8 Å². The van der Waals surface area contributed by atoms with Crippen LogP contribution >= 0.6 is 0 Å². The average molecular weight is 344 g/mol. The number of methoxy groups -OCH3 is 1. The van der Waals surface area contributed by atoms with Crippen LogP contribution in [0, 0.1) is 17.0 Å². The van der Waals surface area contributed by atoms with Crippen molar-refractivity contribution in [3.8, 4) is 5.75 Å². The molecule has 4 N–H and O–H groups in total. The Morgan fingerprint density at radius 1 is 1.08 bits per heavy atom. The number of nitrogens with two attached hydrogens (primary N) is 1. The van der Waals surface area contributed by atoms with Crippen LogP contribution in [0.1, 0.15) is 5.56 Å². The van der Waals surface area contributed by atoms with Gasteiger partial charge in [0.25, 0.3) is 5.69 Å². The molecule has 9 nitrogen and oxygen atoms in total. The van der Waals surface area contributed by atoms with Gasteiger partial charge in [-0.15, -0.1) is 0 Å². The largest absolute Gasteiger partial charge is 0.494 e.